The van der Waals surface area contributed by atoms with Crippen molar-refractivity contribution in [2.45, 2.75) is 37.3 Å². The molecular formula is C18H19ClN4O5. The van der Waals surface area contributed by atoms with Crippen molar-refractivity contribution in [2.75, 3.05) is 5.73 Å². The number of ether oxygens (including phenoxy) is 1. The van der Waals surface area contributed by atoms with E-state index >= 15 is 0 Å². The molecule has 0 saturated carbocycles. The highest BCUT2D eigenvalue weighted by Crippen LogP contribution is 2.38. The average Bonchev–Trinajstić information content (AvgIpc) is 3.24. The van der Waals surface area contributed by atoms with E-state index in [2.05, 4.69) is 9.97 Å². The number of rotatable bonds is 4. The van der Waals surface area contributed by atoms with Gasteiger partial charge in [-0.1, -0.05) is 17.7 Å². The highest BCUT2D eigenvalue weighted by molar-refractivity contribution is 6.30. The summed E-state index contributed by atoms with van der Waals surface area (Å²) in [7, 11) is 0. The van der Waals surface area contributed by atoms with Crippen molar-refractivity contribution in [1.29, 1.82) is 0 Å². The molecule has 1 fully saturated rings. The van der Waals surface area contributed by atoms with Gasteiger partial charge in [-0.3, -0.25) is 0 Å². The lowest BCUT2D eigenvalue weighted by Gasteiger charge is -2.23. The smallest absolute Gasteiger partial charge is 0.164 e. The third-order valence-electron chi connectivity index (χ3n) is 4.99. The monoisotopic (exact) mass is 406 g/mol. The van der Waals surface area contributed by atoms with E-state index in [0.717, 1.165) is 0 Å². The average molecular weight is 407 g/mol. The largest absolute Gasteiger partial charge is 0.392 e. The molecule has 0 radical (unpaired) electrons. The summed E-state index contributed by atoms with van der Waals surface area (Å²) in [4.78, 5) is 8.08. The zero-order valence-electron chi connectivity index (χ0n) is 14.6. The van der Waals surface area contributed by atoms with Crippen LogP contribution in [0.2, 0.25) is 5.02 Å². The maximum Gasteiger partial charge on any atom is 0.164 e. The molecule has 1 aromatic carbocycles. The van der Waals surface area contributed by atoms with Crippen LogP contribution in [0.5, 0.6) is 0 Å². The van der Waals surface area contributed by atoms with E-state index in [9.17, 15) is 20.4 Å². The molecule has 9 nitrogen and oxygen atoms in total. The molecule has 148 valence electrons. The molecule has 6 N–H and O–H groups in total. The Kier molecular flexibility index (Phi) is 4.96. The number of aromatic nitrogens is 3. The number of anilines is 1. The van der Waals surface area contributed by atoms with Crippen LogP contribution in [0.3, 0.4) is 0 Å². The Morgan fingerprint density at radius 2 is 2.00 bits per heavy atom. The number of aliphatic hydroxyl groups is 4. The number of nitrogens with zero attached hydrogens (tertiary/aromatic N) is 3. The highest BCUT2D eigenvalue weighted by Gasteiger charge is 2.47. The van der Waals surface area contributed by atoms with Gasteiger partial charge in [-0.15, -0.1) is 0 Å². The van der Waals surface area contributed by atoms with Gasteiger partial charge >= 0.3 is 0 Å². The molecule has 1 aliphatic heterocycles. The van der Waals surface area contributed by atoms with Crippen LogP contribution >= 0.6 is 11.6 Å². The molecular weight excluding hydrogens is 388 g/mol. The van der Waals surface area contributed by atoms with E-state index in [-0.39, 0.29) is 12.4 Å². The standard InChI is InChI=1S/C18H19ClN4O5/c19-9-1-2-10(8(5-9)6-24)12(25)15-13(26)14(27)18(28-15)23-4-3-11-16(20)21-7-22-17(11)23/h1-5,7,12-15,18,24-27H,6H2,(H2,20,21,22)/t12-,13+,14-,15-,18-/m1/s1. The maximum atomic E-state index is 10.8. The zero-order valence-corrected chi connectivity index (χ0v) is 15.3. The van der Waals surface area contributed by atoms with Gasteiger partial charge < -0.3 is 35.5 Å². The molecule has 3 aromatic rings. The van der Waals surface area contributed by atoms with E-state index in [4.69, 9.17) is 22.1 Å². The topological polar surface area (TPSA) is 147 Å². The van der Waals surface area contributed by atoms with Gasteiger partial charge in [0.1, 0.15) is 42.2 Å². The molecule has 1 aliphatic rings. The molecule has 10 heteroatoms. The number of aliphatic hydroxyl groups excluding tert-OH is 4. The van der Waals surface area contributed by atoms with Crippen LogP contribution in [-0.4, -0.2) is 53.3 Å². The Hall–Kier alpha value is -2.27. The van der Waals surface area contributed by atoms with Crippen molar-refractivity contribution in [3.05, 3.63) is 52.9 Å². The lowest BCUT2D eigenvalue weighted by molar-refractivity contribution is -0.0852. The van der Waals surface area contributed by atoms with Crippen LogP contribution in [0.4, 0.5) is 5.82 Å². The molecule has 28 heavy (non-hydrogen) atoms. The van der Waals surface area contributed by atoms with Crippen LogP contribution in [0.25, 0.3) is 11.0 Å². The van der Waals surface area contributed by atoms with Crippen molar-refractivity contribution in [3.63, 3.8) is 0 Å². The van der Waals surface area contributed by atoms with Crippen molar-refractivity contribution >= 4 is 28.5 Å². The molecule has 3 heterocycles. The summed E-state index contributed by atoms with van der Waals surface area (Å²) in [6.07, 6.45) is -3.22. The van der Waals surface area contributed by atoms with Gasteiger partial charge in [0.25, 0.3) is 0 Å². The number of halogens is 1. The van der Waals surface area contributed by atoms with E-state index in [1.54, 1.807) is 24.4 Å². The molecule has 0 aliphatic carbocycles. The Morgan fingerprint density at radius 3 is 2.75 bits per heavy atom. The number of nitrogen functional groups attached to an aromatic ring is 1. The molecule has 2 aromatic heterocycles. The molecule has 1 saturated heterocycles. The Morgan fingerprint density at radius 1 is 1.21 bits per heavy atom. The summed E-state index contributed by atoms with van der Waals surface area (Å²) in [5.74, 6) is 0.280. The van der Waals surface area contributed by atoms with Crippen LogP contribution in [0.1, 0.15) is 23.5 Å². The highest BCUT2D eigenvalue weighted by atomic mass is 35.5. The fourth-order valence-corrected chi connectivity index (χ4v) is 3.74. The van der Waals surface area contributed by atoms with Crippen molar-refractivity contribution in [1.82, 2.24) is 14.5 Å². The maximum absolute atomic E-state index is 10.8. The third-order valence-corrected chi connectivity index (χ3v) is 5.23. The molecule has 0 bridgehead atoms. The van der Waals surface area contributed by atoms with Gasteiger partial charge in [-0.05, 0) is 29.3 Å². The number of hydrogen-bond donors (Lipinski definition) is 5. The first-order valence-corrected chi connectivity index (χ1v) is 8.96. The van der Waals surface area contributed by atoms with E-state index < -0.39 is 30.6 Å². The minimum Gasteiger partial charge on any atom is -0.392 e. The fourth-order valence-electron chi connectivity index (χ4n) is 3.55. The minimum atomic E-state index is -1.38. The quantitative estimate of drug-likeness (QED) is 0.421. The molecule has 4 rings (SSSR count). The summed E-state index contributed by atoms with van der Waals surface area (Å²) in [5.41, 5.74) is 7.02. The van der Waals surface area contributed by atoms with Gasteiger partial charge in [-0.2, -0.15) is 0 Å². The molecule has 5 atom stereocenters. The normalized spacial score (nSPS) is 26.0. The fraction of sp³-hybridized carbons (Fsp3) is 0.333. The number of nitrogens with two attached hydrogens (primary N) is 1. The van der Waals surface area contributed by atoms with Crippen molar-refractivity contribution < 1.29 is 25.2 Å². The summed E-state index contributed by atoms with van der Waals surface area (Å²) in [5, 5.41) is 42.4. The van der Waals surface area contributed by atoms with Gasteiger partial charge in [-0.25, -0.2) is 9.97 Å². The first-order valence-electron chi connectivity index (χ1n) is 8.58. The van der Waals surface area contributed by atoms with Crippen LogP contribution < -0.4 is 5.73 Å². The Labute approximate surface area is 164 Å². The Bertz CT molecular complexity index is 1010. The first-order chi connectivity index (χ1) is 13.4. The van der Waals surface area contributed by atoms with Crippen molar-refractivity contribution in [2.24, 2.45) is 0 Å². The predicted octanol–water partition coefficient (Wildman–Crippen LogP) is 0.512. The SMILES string of the molecule is Nc1ncnc2c1ccn2[C@@H]1O[C@H]([C@H](O)c2ccc(Cl)cc2CO)[C@@H](O)[C@H]1O. The zero-order chi connectivity index (χ0) is 20.0. The van der Waals surface area contributed by atoms with Gasteiger partial charge in [0.15, 0.2) is 6.23 Å². The summed E-state index contributed by atoms with van der Waals surface area (Å²) < 4.78 is 7.35. The molecule has 0 amide bonds. The van der Waals surface area contributed by atoms with Gasteiger partial charge in [0.05, 0.1) is 12.0 Å². The van der Waals surface area contributed by atoms with Crippen molar-refractivity contribution in [3.8, 4) is 0 Å². The predicted molar refractivity (Wildman–Crippen MR) is 100 cm³/mol. The van der Waals surface area contributed by atoms with Gasteiger partial charge in [0, 0.05) is 11.2 Å². The second kappa shape index (κ2) is 7.28. The van der Waals surface area contributed by atoms with Crippen LogP contribution in [0, 0.1) is 0 Å². The number of fused-ring (bicyclic) bond motifs is 1. The van der Waals surface area contributed by atoms with E-state index in [0.29, 0.717) is 27.2 Å². The third kappa shape index (κ3) is 3.02. The molecule has 0 unspecified atom stereocenters. The van der Waals surface area contributed by atoms with Gasteiger partial charge in [0.2, 0.25) is 0 Å². The molecule has 0 spiro atoms. The minimum absolute atomic E-state index is 0.280. The lowest BCUT2D eigenvalue weighted by Crippen LogP contribution is -2.35. The van der Waals surface area contributed by atoms with E-state index in [1.165, 1.54) is 17.0 Å². The summed E-state index contributed by atoms with van der Waals surface area (Å²) in [6, 6.07) is 6.31. The van der Waals surface area contributed by atoms with Crippen LogP contribution in [-0.2, 0) is 11.3 Å². The van der Waals surface area contributed by atoms with E-state index in [1.807, 2.05) is 0 Å². The second-order valence-electron chi connectivity index (χ2n) is 6.64. The van der Waals surface area contributed by atoms with Crippen LogP contribution in [0.15, 0.2) is 36.8 Å². The first kappa shape index (κ1) is 19.1. The summed E-state index contributed by atoms with van der Waals surface area (Å²) in [6.45, 7) is -0.347. The Balaban J connectivity index is 1.67. The second-order valence-corrected chi connectivity index (χ2v) is 7.07. The number of hydrogen-bond acceptors (Lipinski definition) is 8. The lowest BCUT2D eigenvalue weighted by atomic mass is 9.95. The summed E-state index contributed by atoms with van der Waals surface area (Å²) >= 11 is 5.93. The number of benzene rings is 1.